The van der Waals surface area contributed by atoms with Crippen LogP contribution in [-0.2, 0) is 0 Å². The summed E-state index contributed by atoms with van der Waals surface area (Å²) < 4.78 is 5.55. The van der Waals surface area contributed by atoms with Gasteiger partial charge in [-0.15, -0.1) is 0 Å². The molecular formula is C12H16ClNO2. The van der Waals surface area contributed by atoms with Gasteiger partial charge in [0.05, 0.1) is 5.60 Å². The highest BCUT2D eigenvalue weighted by atomic mass is 35.5. The summed E-state index contributed by atoms with van der Waals surface area (Å²) in [5.41, 5.74) is -0.504. The minimum Gasteiger partial charge on any atom is -0.492 e. The number of hydrogen-bond donors (Lipinski definition) is 1. The molecule has 0 aliphatic carbocycles. The second-order valence-corrected chi connectivity index (χ2v) is 4.95. The van der Waals surface area contributed by atoms with Gasteiger partial charge in [-0.3, -0.25) is 4.90 Å². The van der Waals surface area contributed by atoms with Crippen LogP contribution in [0.3, 0.4) is 0 Å². The Morgan fingerprint density at radius 1 is 1.50 bits per heavy atom. The minimum atomic E-state index is -0.504. The van der Waals surface area contributed by atoms with Gasteiger partial charge in [-0.2, -0.15) is 0 Å². The van der Waals surface area contributed by atoms with Gasteiger partial charge in [0, 0.05) is 24.7 Å². The van der Waals surface area contributed by atoms with E-state index in [0.717, 1.165) is 25.4 Å². The van der Waals surface area contributed by atoms with Gasteiger partial charge in [-0.1, -0.05) is 17.7 Å². The summed E-state index contributed by atoms with van der Waals surface area (Å²) in [6.07, 6.45) is 0. The summed E-state index contributed by atoms with van der Waals surface area (Å²) in [5.74, 6) is 0.791. The Kier molecular flexibility index (Phi) is 3.38. The van der Waals surface area contributed by atoms with Crippen molar-refractivity contribution in [2.75, 3.05) is 26.2 Å². The molecule has 0 amide bonds. The second-order valence-electron chi connectivity index (χ2n) is 4.51. The molecule has 1 fully saturated rings. The van der Waals surface area contributed by atoms with Gasteiger partial charge in [0.1, 0.15) is 12.4 Å². The van der Waals surface area contributed by atoms with E-state index in [1.54, 1.807) is 6.07 Å². The summed E-state index contributed by atoms with van der Waals surface area (Å²) in [6, 6.07) is 7.37. The van der Waals surface area contributed by atoms with Crippen LogP contribution >= 0.6 is 11.6 Å². The predicted octanol–water partition coefficient (Wildman–Crippen LogP) is 1.79. The monoisotopic (exact) mass is 241 g/mol. The first kappa shape index (κ1) is 11.7. The van der Waals surface area contributed by atoms with Crippen molar-refractivity contribution in [3.05, 3.63) is 29.3 Å². The zero-order chi connectivity index (χ0) is 11.6. The number of halogens is 1. The topological polar surface area (TPSA) is 32.7 Å². The molecule has 88 valence electrons. The first-order valence-corrected chi connectivity index (χ1v) is 5.76. The molecule has 0 radical (unpaired) electrons. The lowest BCUT2D eigenvalue weighted by atomic mass is 9.97. The lowest BCUT2D eigenvalue weighted by Gasteiger charge is -2.44. The van der Waals surface area contributed by atoms with E-state index < -0.39 is 5.60 Å². The predicted molar refractivity (Wildman–Crippen MR) is 64.0 cm³/mol. The molecule has 0 saturated carbocycles. The van der Waals surface area contributed by atoms with Crippen LogP contribution in [0.25, 0.3) is 0 Å². The van der Waals surface area contributed by atoms with E-state index in [-0.39, 0.29) is 0 Å². The van der Waals surface area contributed by atoms with Gasteiger partial charge in [0.25, 0.3) is 0 Å². The Morgan fingerprint density at radius 2 is 2.25 bits per heavy atom. The molecule has 4 heteroatoms. The van der Waals surface area contributed by atoms with Crippen molar-refractivity contribution >= 4 is 11.6 Å². The largest absolute Gasteiger partial charge is 0.492 e. The Labute approximate surface area is 101 Å². The van der Waals surface area contributed by atoms with E-state index in [0.29, 0.717) is 11.6 Å². The number of ether oxygens (including phenoxy) is 1. The molecule has 1 aromatic rings. The smallest absolute Gasteiger partial charge is 0.120 e. The van der Waals surface area contributed by atoms with Gasteiger partial charge in [-0.05, 0) is 25.1 Å². The van der Waals surface area contributed by atoms with Crippen LogP contribution in [-0.4, -0.2) is 41.8 Å². The fourth-order valence-electron chi connectivity index (χ4n) is 1.92. The summed E-state index contributed by atoms with van der Waals surface area (Å²) in [6.45, 7) is 4.76. The number of likely N-dealkylation sites (tertiary alicyclic amines) is 1. The van der Waals surface area contributed by atoms with Crippen molar-refractivity contribution < 1.29 is 9.84 Å². The van der Waals surface area contributed by atoms with Crippen molar-refractivity contribution in [3.63, 3.8) is 0 Å². The first-order chi connectivity index (χ1) is 7.55. The maximum Gasteiger partial charge on any atom is 0.120 e. The Morgan fingerprint density at radius 3 is 2.88 bits per heavy atom. The summed E-state index contributed by atoms with van der Waals surface area (Å²) in [4.78, 5) is 2.16. The van der Waals surface area contributed by atoms with E-state index in [2.05, 4.69) is 4.90 Å². The summed E-state index contributed by atoms with van der Waals surface area (Å²) in [5, 5.41) is 10.2. The molecule has 3 nitrogen and oxygen atoms in total. The van der Waals surface area contributed by atoms with Crippen molar-refractivity contribution in [2.45, 2.75) is 12.5 Å². The fraction of sp³-hybridized carbons (Fsp3) is 0.500. The zero-order valence-corrected chi connectivity index (χ0v) is 10.1. The second kappa shape index (κ2) is 4.62. The van der Waals surface area contributed by atoms with Crippen LogP contribution in [0.5, 0.6) is 5.75 Å². The van der Waals surface area contributed by atoms with Crippen LogP contribution in [0.1, 0.15) is 6.92 Å². The third-order valence-electron chi connectivity index (χ3n) is 2.60. The number of hydrogen-bond acceptors (Lipinski definition) is 3. The molecule has 1 saturated heterocycles. The summed E-state index contributed by atoms with van der Waals surface area (Å²) in [7, 11) is 0. The highest BCUT2D eigenvalue weighted by Gasteiger charge is 2.35. The van der Waals surface area contributed by atoms with Crippen molar-refractivity contribution in [3.8, 4) is 5.75 Å². The number of benzene rings is 1. The van der Waals surface area contributed by atoms with Crippen LogP contribution in [0.2, 0.25) is 5.02 Å². The molecule has 1 N–H and O–H groups in total. The molecule has 1 aliphatic rings. The van der Waals surface area contributed by atoms with E-state index in [1.165, 1.54) is 0 Å². The van der Waals surface area contributed by atoms with Crippen LogP contribution in [0.4, 0.5) is 0 Å². The normalized spacial score (nSPS) is 19.2. The molecule has 16 heavy (non-hydrogen) atoms. The third kappa shape index (κ3) is 3.11. The van der Waals surface area contributed by atoms with Gasteiger partial charge in [0.15, 0.2) is 0 Å². The van der Waals surface area contributed by atoms with Crippen molar-refractivity contribution in [1.29, 1.82) is 0 Å². The molecule has 0 bridgehead atoms. The molecule has 1 aliphatic heterocycles. The van der Waals surface area contributed by atoms with E-state index in [1.807, 2.05) is 25.1 Å². The maximum absolute atomic E-state index is 9.54. The first-order valence-electron chi connectivity index (χ1n) is 5.38. The number of β-amino-alcohol motifs (C(OH)–C–C–N with tert-alkyl or cyclic N) is 1. The molecule has 0 atom stereocenters. The number of aliphatic hydroxyl groups is 1. The Hall–Kier alpha value is -0.770. The van der Waals surface area contributed by atoms with Gasteiger partial charge < -0.3 is 9.84 Å². The van der Waals surface area contributed by atoms with E-state index in [9.17, 15) is 5.11 Å². The lowest BCUT2D eigenvalue weighted by Crippen LogP contribution is -2.60. The highest BCUT2D eigenvalue weighted by molar-refractivity contribution is 6.30. The lowest BCUT2D eigenvalue weighted by molar-refractivity contribution is -0.0859. The quantitative estimate of drug-likeness (QED) is 0.873. The Bertz CT molecular complexity index is 360. The standard InChI is InChI=1S/C12H16ClNO2/c1-12(15)8-14(9-12)5-6-16-11-4-2-3-10(13)7-11/h2-4,7,15H,5-6,8-9H2,1H3. The average Bonchev–Trinajstić information content (AvgIpc) is 2.15. The maximum atomic E-state index is 9.54. The molecular weight excluding hydrogens is 226 g/mol. The number of rotatable bonds is 4. The molecule has 1 aromatic carbocycles. The van der Waals surface area contributed by atoms with Crippen LogP contribution in [0, 0.1) is 0 Å². The Balaban J connectivity index is 1.69. The minimum absolute atomic E-state index is 0.504. The molecule has 2 rings (SSSR count). The van der Waals surface area contributed by atoms with Crippen molar-refractivity contribution in [2.24, 2.45) is 0 Å². The molecule has 1 heterocycles. The molecule has 0 spiro atoms. The van der Waals surface area contributed by atoms with Gasteiger partial charge in [-0.25, -0.2) is 0 Å². The fourth-order valence-corrected chi connectivity index (χ4v) is 2.10. The van der Waals surface area contributed by atoms with Crippen molar-refractivity contribution in [1.82, 2.24) is 4.90 Å². The third-order valence-corrected chi connectivity index (χ3v) is 2.84. The molecule has 0 unspecified atom stereocenters. The van der Waals surface area contributed by atoms with E-state index >= 15 is 0 Å². The number of nitrogens with zero attached hydrogens (tertiary/aromatic N) is 1. The SMILES string of the molecule is CC1(O)CN(CCOc2cccc(Cl)c2)C1. The van der Waals surface area contributed by atoms with E-state index in [4.69, 9.17) is 16.3 Å². The van der Waals surface area contributed by atoms with Gasteiger partial charge in [0.2, 0.25) is 0 Å². The zero-order valence-electron chi connectivity index (χ0n) is 9.32. The van der Waals surface area contributed by atoms with Crippen LogP contribution < -0.4 is 4.74 Å². The van der Waals surface area contributed by atoms with Crippen LogP contribution in [0.15, 0.2) is 24.3 Å². The summed E-state index contributed by atoms with van der Waals surface area (Å²) >= 11 is 5.84. The highest BCUT2D eigenvalue weighted by Crippen LogP contribution is 2.20. The average molecular weight is 242 g/mol. The van der Waals surface area contributed by atoms with Gasteiger partial charge >= 0.3 is 0 Å². The molecule has 0 aromatic heterocycles.